The van der Waals surface area contributed by atoms with Gasteiger partial charge in [0.2, 0.25) is 5.91 Å². The van der Waals surface area contributed by atoms with E-state index < -0.39 is 0 Å². The zero-order valence-corrected chi connectivity index (χ0v) is 15.8. The lowest BCUT2D eigenvalue weighted by Crippen LogP contribution is -2.34. The summed E-state index contributed by atoms with van der Waals surface area (Å²) in [5.74, 6) is 0.862. The third-order valence-electron chi connectivity index (χ3n) is 4.43. The van der Waals surface area contributed by atoms with E-state index in [1.807, 2.05) is 37.0 Å². The number of amides is 1. The Morgan fingerprint density at radius 2 is 2.38 bits per heavy atom. The number of aryl methyl sites for hydroxylation is 1. The molecule has 1 fully saturated rings. The molecule has 2 atom stereocenters. The molecule has 9 heteroatoms. The molecular weight excluding hydrogens is 374 g/mol. The Labute approximate surface area is 161 Å². The Morgan fingerprint density at radius 1 is 1.50 bits per heavy atom. The highest BCUT2D eigenvalue weighted by Gasteiger charge is 2.34. The lowest BCUT2D eigenvalue weighted by Gasteiger charge is -2.16. The van der Waals surface area contributed by atoms with Crippen LogP contribution in [0.25, 0.3) is 10.8 Å². The van der Waals surface area contributed by atoms with Gasteiger partial charge in [-0.05, 0) is 17.7 Å². The summed E-state index contributed by atoms with van der Waals surface area (Å²) in [5.41, 5.74) is 1.94. The number of carbonyl (C=O) groups excluding carboxylic acids is 1. The number of hydrogen-bond acceptors (Lipinski definition) is 6. The highest BCUT2D eigenvalue weighted by atomic mass is 35.5. The number of aromatic nitrogens is 3. The molecule has 0 spiro atoms. The van der Waals surface area contributed by atoms with Crippen molar-refractivity contribution in [2.24, 2.45) is 13.0 Å². The van der Waals surface area contributed by atoms with E-state index in [-0.39, 0.29) is 30.2 Å². The summed E-state index contributed by atoms with van der Waals surface area (Å²) in [7, 11) is 1.89. The number of halogens is 1. The topological polar surface area (TPSA) is 85.0 Å². The molecular formula is C17H20ClN5O2S. The Hall–Kier alpha value is -2.16. The average Bonchev–Trinajstić information content (AvgIpc) is 3.38. The van der Waals surface area contributed by atoms with Crippen molar-refractivity contribution >= 4 is 29.7 Å². The third-order valence-corrected chi connectivity index (χ3v) is 5.34. The molecule has 1 aliphatic rings. The van der Waals surface area contributed by atoms with E-state index in [0.717, 1.165) is 28.6 Å². The maximum Gasteiger partial charge on any atom is 0.225 e. The van der Waals surface area contributed by atoms with E-state index in [0.29, 0.717) is 13.1 Å². The van der Waals surface area contributed by atoms with E-state index >= 15 is 0 Å². The summed E-state index contributed by atoms with van der Waals surface area (Å²) >= 11 is 1.51. The van der Waals surface area contributed by atoms with Gasteiger partial charge < -0.3 is 15.1 Å². The van der Waals surface area contributed by atoms with Gasteiger partial charge in [-0.25, -0.2) is 4.98 Å². The highest BCUT2D eigenvalue weighted by molar-refractivity contribution is 7.13. The average molecular weight is 394 g/mol. The minimum atomic E-state index is -0.0904. The van der Waals surface area contributed by atoms with E-state index in [1.165, 1.54) is 11.3 Å². The Morgan fingerprint density at radius 3 is 3.12 bits per heavy atom. The second kappa shape index (κ2) is 8.03. The molecule has 4 heterocycles. The predicted octanol–water partition coefficient (Wildman–Crippen LogP) is 2.18. The van der Waals surface area contributed by atoms with Crippen molar-refractivity contribution in [3.8, 4) is 10.8 Å². The van der Waals surface area contributed by atoms with Crippen LogP contribution in [0.4, 0.5) is 0 Å². The molecule has 1 aliphatic heterocycles. The van der Waals surface area contributed by atoms with Gasteiger partial charge in [-0.3, -0.25) is 9.48 Å². The standard InChI is InChI=1S/C17H19N5O2S.ClH/c1-22-9-11(5-20-22)13-7-18-8-14(13)16(23)19-6-12-10-25-17(21-12)15-3-2-4-24-15;/h2-5,9-10,13-14,18H,6-8H2,1H3,(H,19,23);1H/t13-,14+;/m1./s1. The van der Waals surface area contributed by atoms with Crippen LogP contribution in [-0.2, 0) is 18.4 Å². The SMILES string of the molecule is Cl.Cn1cc([C@H]2CNC[C@@H]2C(=O)NCc2csc(-c3ccco3)n2)cn1. The van der Waals surface area contributed by atoms with Gasteiger partial charge in [0.25, 0.3) is 0 Å². The zero-order chi connectivity index (χ0) is 17.2. The molecule has 4 rings (SSSR count). The molecule has 1 amide bonds. The van der Waals surface area contributed by atoms with Crippen LogP contribution < -0.4 is 10.6 Å². The van der Waals surface area contributed by atoms with Crippen molar-refractivity contribution < 1.29 is 9.21 Å². The first-order valence-electron chi connectivity index (χ1n) is 8.16. The molecule has 0 aromatic carbocycles. The van der Waals surface area contributed by atoms with Gasteiger partial charge in [-0.2, -0.15) is 5.10 Å². The fraction of sp³-hybridized carbons (Fsp3) is 0.353. The molecule has 2 N–H and O–H groups in total. The Bertz CT molecular complexity index is 860. The number of thiazole rings is 1. The van der Waals surface area contributed by atoms with Gasteiger partial charge in [-0.1, -0.05) is 0 Å². The summed E-state index contributed by atoms with van der Waals surface area (Å²) < 4.78 is 7.12. The van der Waals surface area contributed by atoms with Crippen molar-refractivity contribution in [3.63, 3.8) is 0 Å². The van der Waals surface area contributed by atoms with Crippen LogP contribution in [0, 0.1) is 5.92 Å². The first kappa shape index (κ1) is 18.6. The molecule has 1 saturated heterocycles. The number of nitrogens with one attached hydrogen (secondary N) is 2. The van der Waals surface area contributed by atoms with Crippen LogP contribution >= 0.6 is 23.7 Å². The van der Waals surface area contributed by atoms with Gasteiger partial charge in [0.15, 0.2) is 10.8 Å². The minimum absolute atomic E-state index is 0. The van der Waals surface area contributed by atoms with Gasteiger partial charge in [0.05, 0.1) is 30.6 Å². The lowest BCUT2D eigenvalue weighted by atomic mass is 9.90. The fourth-order valence-electron chi connectivity index (χ4n) is 3.15. The largest absolute Gasteiger partial charge is 0.462 e. The second-order valence-corrected chi connectivity index (χ2v) is 7.02. The van der Waals surface area contributed by atoms with E-state index in [1.54, 1.807) is 10.9 Å². The van der Waals surface area contributed by atoms with Gasteiger partial charge >= 0.3 is 0 Å². The van der Waals surface area contributed by atoms with Crippen LogP contribution in [0.3, 0.4) is 0 Å². The molecule has 3 aromatic rings. The van der Waals surface area contributed by atoms with Crippen LogP contribution in [0.5, 0.6) is 0 Å². The van der Waals surface area contributed by atoms with E-state index in [9.17, 15) is 4.79 Å². The van der Waals surface area contributed by atoms with E-state index in [2.05, 4.69) is 20.7 Å². The normalized spacial score (nSPS) is 19.3. The summed E-state index contributed by atoms with van der Waals surface area (Å²) in [6, 6.07) is 3.72. The second-order valence-electron chi connectivity index (χ2n) is 6.16. The highest BCUT2D eigenvalue weighted by Crippen LogP contribution is 2.28. The summed E-state index contributed by atoms with van der Waals surface area (Å²) in [5, 5.41) is 13.3. The predicted molar refractivity (Wildman–Crippen MR) is 101 cm³/mol. The quantitative estimate of drug-likeness (QED) is 0.694. The molecule has 26 heavy (non-hydrogen) atoms. The van der Waals surface area contributed by atoms with Crippen LogP contribution in [0.15, 0.2) is 40.6 Å². The number of nitrogens with zero attached hydrogens (tertiary/aromatic N) is 3. The van der Waals surface area contributed by atoms with Gasteiger partial charge in [0, 0.05) is 37.6 Å². The zero-order valence-electron chi connectivity index (χ0n) is 14.2. The van der Waals surface area contributed by atoms with Gasteiger partial charge in [-0.15, -0.1) is 23.7 Å². The van der Waals surface area contributed by atoms with Crippen molar-refractivity contribution in [1.82, 2.24) is 25.4 Å². The first-order chi connectivity index (χ1) is 12.2. The van der Waals surface area contributed by atoms with Crippen LogP contribution in [0.2, 0.25) is 0 Å². The lowest BCUT2D eigenvalue weighted by molar-refractivity contribution is -0.125. The maximum atomic E-state index is 12.6. The molecule has 0 radical (unpaired) electrons. The summed E-state index contributed by atoms with van der Waals surface area (Å²) in [4.78, 5) is 17.1. The summed E-state index contributed by atoms with van der Waals surface area (Å²) in [6.07, 6.45) is 5.45. The molecule has 3 aromatic heterocycles. The van der Waals surface area contributed by atoms with Crippen molar-refractivity contribution in [2.45, 2.75) is 12.5 Å². The van der Waals surface area contributed by atoms with Crippen molar-refractivity contribution in [1.29, 1.82) is 0 Å². The molecule has 0 saturated carbocycles. The molecule has 7 nitrogen and oxygen atoms in total. The smallest absolute Gasteiger partial charge is 0.225 e. The number of carbonyl (C=O) groups is 1. The van der Waals surface area contributed by atoms with Crippen molar-refractivity contribution in [2.75, 3.05) is 13.1 Å². The summed E-state index contributed by atoms with van der Waals surface area (Å²) in [6.45, 7) is 1.90. The Balaban J connectivity index is 0.00000196. The number of rotatable bonds is 5. The number of hydrogen-bond donors (Lipinski definition) is 2. The minimum Gasteiger partial charge on any atom is -0.462 e. The van der Waals surface area contributed by atoms with Crippen LogP contribution in [-0.4, -0.2) is 33.8 Å². The van der Waals surface area contributed by atoms with Gasteiger partial charge in [0.1, 0.15) is 0 Å². The molecule has 0 unspecified atom stereocenters. The first-order valence-corrected chi connectivity index (χ1v) is 9.04. The molecule has 0 bridgehead atoms. The van der Waals surface area contributed by atoms with Crippen molar-refractivity contribution in [3.05, 3.63) is 47.4 Å². The third kappa shape index (κ3) is 3.82. The molecule has 138 valence electrons. The number of furan rings is 1. The maximum absolute atomic E-state index is 12.6. The fourth-order valence-corrected chi connectivity index (χ4v) is 3.93. The van der Waals surface area contributed by atoms with E-state index in [4.69, 9.17) is 4.42 Å². The molecule has 0 aliphatic carbocycles. The monoisotopic (exact) mass is 393 g/mol. The van der Waals surface area contributed by atoms with Crippen LogP contribution in [0.1, 0.15) is 17.2 Å². The Kier molecular flexibility index (Phi) is 5.75.